The van der Waals surface area contributed by atoms with Gasteiger partial charge in [-0.25, -0.2) is 0 Å². The molecule has 1 aromatic carbocycles. The zero-order valence-electron chi connectivity index (χ0n) is 18.4. The molecule has 0 spiro atoms. The molecule has 2 rings (SSSR count). The Kier molecular flexibility index (Phi) is 9.33. The monoisotopic (exact) mass is 470 g/mol. The van der Waals surface area contributed by atoms with Crippen molar-refractivity contribution in [3.05, 3.63) is 24.3 Å². The number of thioether (sulfide) groups is 1. The quantitative estimate of drug-likeness (QED) is 0.408. The Morgan fingerprint density at radius 3 is 1.84 bits per heavy atom. The van der Waals surface area contributed by atoms with E-state index in [9.17, 15) is 19.2 Å². The number of rotatable bonds is 8. The summed E-state index contributed by atoms with van der Waals surface area (Å²) in [5.74, 6) is -1.91. The number of esters is 4. The number of ether oxygens (including phenoxy) is 6. The summed E-state index contributed by atoms with van der Waals surface area (Å²) in [4.78, 5) is 47.5. The second-order valence-corrected chi connectivity index (χ2v) is 8.03. The molecule has 0 N–H and O–H groups in total. The minimum absolute atomic E-state index is 0.266. The maximum absolute atomic E-state index is 11.8. The van der Waals surface area contributed by atoms with Gasteiger partial charge >= 0.3 is 23.9 Å². The summed E-state index contributed by atoms with van der Waals surface area (Å²) in [6, 6.07) is 7.04. The molecule has 1 fully saturated rings. The number of methoxy groups -OCH3 is 1. The first kappa shape index (κ1) is 25.5. The smallest absolute Gasteiger partial charge is 0.303 e. The summed E-state index contributed by atoms with van der Waals surface area (Å²) < 4.78 is 32.4. The highest BCUT2D eigenvalue weighted by atomic mass is 32.2. The zero-order valence-corrected chi connectivity index (χ0v) is 19.2. The summed E-state index contributed by atoms with van der Waals surface area (Å²) >= 11 is 1.20. The standard InChI is InChI=1S/C21H26O10S/c1-11(22)27-10-17-18(28-12(2)23)19(29-13(3)24)20(30-14(4)25)21(31-17)32-16-8-6-15(26-5)7-9-16/h6-9,17-21H,10H2,1-5H3/t17-,18-,19+,20-,21+/m1/s1. The molecule has 0 amide bonds. The summed E-state index contributed by atoms with van der Waals surface area (Å²) in [5, 5.41) is 0. The third-order valence-corrected chi connectivity index (χ3v) is 5.42. The number of carbonyl (C=O) groups excluding carboxylic acids is 4. The molecule has 0 saturated carbocycles. The van der Waals surface area contributed by atoms with Crippen LogP contribution in [-0.4, -0.2) is 67.4 Å². The molecule has 5 atom stereocenters. The van der Waals surface area contributed by atoms with Crippen molar-refractivity contribution in [3.8, 4) is 5.75 Å². The molecule has 1 aliphatic heterocycles. The average molecular weight is 470 g/mol. The van der Waals surface area contributed by atoms with Gasteiger partial charge in [-0.15, -0.1) is 0 Å². The van der Waals surface area contributed by atoms with E-state index in [0.29, 0.717) is 5.75 Å². The van der Waals surface area contributed by atoms with Gasteiger partial charge in [0.05, 0.1) is 7.11 Å². The zero-order chi connectivity index (χ0) is 23.8. The highest BCUT2D eigenvalue weighted by Crippen LogP contribution is 2.38. The third-order valence-electron chi connectivity index (χ3n) is 4.26. The molecule has 0 aromatic heterocycles. The van der Waals surface area contributed by atoms with E-state index in [2.05, 4.69) is 0 Å². The van der Waals surface area contributed by atoms with Gasteiger partial charge in [-0.2, -0.15) is 0 Å². The van der Waals surface area contributed by atoms with Crippen molar-refractivity contribution in [1.29, 1.82) is 0 Å². The van der Waals surface area contributed by atoms with Gasteiger partial charge in [0, 0.05) is 32.6 Å². The molecule has 1 saturated heterocycles. The van der Waals surface area contributed by atoms with Crippen molar-refractivity contribution in [2.75, 3.05) is 13.7 Å². The lowest BCUT2D eigenvalue weighted by Gasteiger charge is -2.44. The molecule has 1 aromatic rings. The lowest BCUT2D eigenvalue weighted by molar-refractivity contribution is -0.237. The number of hydrogen-bond acceptors (Lipinski definition) is 11. The van der Waals surface area contributed by atoms with Crippen LogP contribution in [0.2, 0.25) is 0 Å². The van der Waals surface area contributed by atoms with Crippen LogP contribution >= 0.6 is 11.8 Å². The maximum atomic E-state index is 11.8. The van der Waals surface area contributed by atoms with Crippen molar-refractivity contribution in [1.82, 2.24) is 0 Å². The Morgan fingerprint density at radius 1 is 0.812 bits per heavy atom. The highest BCUT2D eigenvalue weighted by Gasteiger charge is 2.52. The van der Waals surface area contributed by atoms with Crippen LogP contribution in [0.3, 0.4) is 0 Å². The van der Waals surface area contributed by atoms with E-state index in [1.165, 1.54) is 39.5 Å². The molecule has 0 aliphatic carbocycles. The fraction of sp³-hybridized carbons (Fsp3) is 0.524. The van der Waals surface area contributed by atoms with Crippen LogP contribution in [0.25, 0.3) is 0 Å². The molecule has 0 unspecified atom stereocenters. The second-order valence-electron chi connectivity index (χ2n) is 6.86. The van der Waals surface area contributed by atoms with E-state index in [0.717, 1.165) is 4.90 Å². The lowest BCUT2D eigenvalue weighted by atomic mass is 9.99. The van der Waals surface area contributed by atoms with Crippen LogP contribution in [0.4, 0.5) is 0 Å². The van der Waals surface area contributed by atoms with Crippen molar-refractivity contribution >= 4 is 35.6 Å². The highest BCUT2D eigenvalue weighted by molar-refractivity contribution is 7.99. The van der Waals surface area contributed by atoms with Gasteiger partial charge in [0.15, 0.2) is 18.3 Å². The summed E-state index contributed by atoms with van der Waals surface area (Å²) in [5.41, 5.74) is -0.871. The van der Waals surface area contributed by atoms with Crippen LogP contribution < -0.4 is 4.74 Å². The minimum atomic E-state index is -1.19. The van der Waals surface area contributed by atoms with Gasteiger partial charge in [0.2, 0.25) is 0 Å². The van der Waals surface area contributed by atoms with Crippen LogP contribution in [0.5, 0.6) is 5.75 Å². The topological polar surface area (TPSA) is 124 Å². The fourth-order valence-electron chi connectivity index (χ4n) is 3.07. The lowest BCUT2D eigenvalue weighted by Crippen LogP contribution is -2.61. The molecule has 0 radical (unpaired) electrons. The number of benzene rings is 1. The van der Waals surface area contributed by atoms with Gasteiger partial charge in [0.1, 0.15) is 23.9 Å². The molecule has 0 bridgehead atoms. The molecule has 176 valence electrons. The van der Waals surface area contributed by atoms with Crippen LogP contribution in [0.15, 0.2) is 29.2 Å². The number of carbonyl (C=O) groups is 4. The Hall–Kier alpha value is -2.79. The van der Waals surface area contributed by atoms with Crippen LogP contribution in [0, 0.1) is 0 Å². The first-order valence-electron chi connectivity index (χ1n) is 9.72. The maximum Gasteiger partial charge on any atom is 0.303 e. The molecule has 1 heterocycles. The normalized spacial score (nSPS) is 24.7. The second kappa shape index (κ2) is 11.7. The van der Waals surface area contributed by atoms with E-state index in [1.54, 1.807) is 31.4 Å². The Balaban J connectivity index is 2.42. The molecule has 32 heavy (non-hydrogen) atoms. The summed E-state index contributed by atoms with van der Waals surface area (Å²) in [6.45, 7) is 4.51. The first-order chi connectivity index (χ1) is 15.1. The third kappa shape index (κ3) is 7.41. The predicted molar refractivity (Wildman–Crippen MR) is 111 cm³/mol. The van der Waals surface area contributed by atoms with E-state index >= 15 is 0 Å². The summed E-state index contributed by atoms with van der Waals surface area (Å²) in [7, 11) is 1.54. The minimum Gasteiger partial charge on any atom is -0.497 e. The van der Waals surface area contributed by atoms with Gasteiger partial charge < -0.3 is 28.4 Å². The van der Waals surface area contributed by atoms with Gasteiger partial charge in [0.25, 0.3) is 0 Å². The molecule has 10 nitrogen and oxygen atoms in total. The SMILES string of the molecule is COc1ccc(S[C@@H]2O[C@H](COC(C)=O)[C@@H](OC(C)=O)[C@H](OC(C)=O)[C@H]2OC(C)=O)cc1. The van der Waals surface area contributed by atoms with Gasteiger partial charge in [-0.1, -0.05) is 11.8 Å². The van der Waals surface area contributed by atoms with Crippen molar-refractivity contribution < 1.29 is 47.6 Å². The van der Waals surface area contributed by atoms with Crippen molar-refractivity contribution in [3.63, 3.8) is 0 Å². The van der Waals surface area contributed by atoms with Gasteiger partial charge in [-0.3, -0.25) is 19.2 Å². The Bertz CT molecular complexity index is 824. The van der Waals surface area contributed by atoms with E-state index in [-0.39, 0.29) is 6.61 Å². The fourth-order valence-corrected chi connectivity index (χ4v) is 4.18. The van der Waals surface area contributed by atoms with E-state index < -0.39 is 53.7 Å². The van der Waals surface area contributed by atoms with E-state index in [4.69, 9.17) is 28.4 Å². The Labute approximate surface area is 189 Å². The average Bonchev–Trinajstić information content (AvgIpc) is 2.70. The summed E-state index contributed by atoms with van der Waals surface area (Å²) in [6.07, 6.45) is -4.45. The van der Waals surface area contributed by atoms with Crippen LogP contribution in [0.1, 0.15) is 27.7 Å². The van der Waals surface area contributed by atoms with Crippen LogP contribution in [-0.2, 0) is 42.9 Å². The molecular formula is C21H26O10S. The molecule has 1 aliphatic rings. The first-order valence-corrected chi connectivity index (χ1v) is 10.6. The molecular weight excluding hydrogens is 444 g/mol. The molecule has 11 heteroatoms. The Morgan fingerprint density at radius 2 is 1.34 bits per heavy atom. The van der Waals surface area contributed by atoms with Crippen molar-refractivity contribution in [2.45, 2.75) is 62.4 Å². The van der Waals surface area contributed by atoms with Crippen molar-refractivity contribution in [2.24, 2.45) is 0 Å². The largest absolute Gasteiger partial charge is 0.497 e. The van der Waals surface area contributed by atoms with E-state index in [1.807, 2.05) is 0 Å². The number of hydrogen-bond donors (Lipinski definition) is 0. The predicted octanol–water partition coefficient (Wildman–Crippen LogP) is 1.87. The van der Waals surface area contributed by atoms with Gasteiger partial charge in [-0.05, 0) is 24.3 Å².